The highest BCUT2D eigenvalue weighted by molar-refractivity contribution is 6.06. The summed E-state index contributed by atoms with van der Waals surface area (Å²) in [5.41, 5.74) is 7.37. The molecule has 10 rings (SSSR count). The monoisotopic (exact) mass is 793 g/mol. The van der Waals surface area contributed by atoms with Gasteiger partial charge in [0.1, 0.15) is 11.4 Å². The third-order valence-electron chi connectivity index (χ3n) is 12.9. The van der Waals surface area contributed by atoms with Crippen LogP contribution in [0.3, 0.4) is 0 Å². The summed E-state index contributed by atoms with van der Waals surface area (Å²) >= 11 is 0. The topological polar surface area (TPSA) is 154 Å². The number of piperidine rings is 1. The summed E-state index contributed by atoms with van der Waals surface area (Å²) in [4.78, 5) is 74.5. The Balaban J connectivity index is 0.772. The number of imide groups is 1. The third-order valence-corrected chi connectivity index (χ3v) is 12.9. The molecule has 3 saturated heterocycles. The molecule has 1 aliphatic carbocycles. The summed E-state index contributed by atoms with van der Waals surface area (Å²) in [5, 5.41) is 6.16. The van der Waals surface area contributed by atoms with Crippen LogP contribution in [0.1, 0.15) is 65.7 Å². The summed E-state index contributed by atoms with van der Waals surface area (Å²) in [6.07, 6.45) is 7.04. The lowest BCUT2D eigenvalue weighted by Gasteiger charge is -2.49. The summed E-state index contributed by atoms with van der Waals surface area (Å²) < 4.78 is 3.42. The smallest absolute Gasteiger partial charge is 0.278 e. The van der Waals surface area contributed by atoms with Gasteiger partial charge in [-0.1, -0.05) is 25.1 Å². The van der Waals surface area contributed by atoms with Gasteiger partial charge in [-0.2, -0.15) is 4.98 Å². The highest BCUT2D eigenvalue weighted by atomic mass is 16.2. The Bertz CT molecular complexity index is 2570. The lowest BCUT2D eigenvalue weighted by atomic mass is 10.0. The molecule has 302 valence electrons. The second-order valence-corrected chi connectivity index (χ2v) is 16.2. The quantitative estimate of drug-likeness (QED) is 0.155. The van der Waals surface area contributed by atoms with Crippen molar-refractivity contribution >= 4 is 51.8 Å². The molecule has 15 heteroatoms. The van der Waals surface area contributed by atoms with E-state index in [-0.39, 0.29) is 29.7 Å². The molecule has 0 radical (unpaired) electrons. The number of carbonyl (C=O) groups excluding carboxylic acids is 3. The van der Waals surface area contributed by atoms with Gasteiger partial charge in [-0.3, -0.25) is 29.4 Å². The average molecular weight is 794 g/mol. The zero-order valence-electron chi connectivity index (χ0n) is 33.1. The summed E-state index contributed by atoms with van der Waals surface area (Å²) in [7, 11) is 0. The van der Waals surface area contributed by atoms with Gasteiger partial charge in [-0.25, -0.2) is 19.3 Å². The number of carbonyl (C=O) groups is 3. The van der Waals surface area contributed by atoms with Crippen LogP contribution in [0.4, 0.5) is 23.0 Å². The van der Waals surface area contributed by atoms with Gasteiger partial charge in [-0.05, 0) is 73.7 Å². The van der Waals surface area contributed by atoms with E-state index in [2.05, 4.69) is 68.1 Å². The molecule has 2 aromatic carbocycles. The molecule has 15 nitrogen and oxygen atoms in total. The Morgan fingerprint density at radius 2 is 1.73 bits per heavy atom. The predicted octanol–water partition coefficient (Wildman–Crippen LogP) is 4.12. The van der Waals surface area contributed by atoms with Crippen LogP contribution in [0, 0.1) is 0 Å². The number of aromatic nitrogens is 5. The number of nitrogens with zero attached hydrogens (tertiary/aromatic N) is 9. The lowest BCUT2D eigenvalue weighted by Crippen LogP contribution is -2.63. The minimum Gasteiger partial charge on any atom is -0.369 e. The van der Waals surface area contributed by atoms with Gasteiger partial charge < -0.3 is 20.0 Å². The third kappa shape index (κ3) is 6.44. The lowest BCUT2D eigenvalue weighted by molar-refractivity contribution is -0.136. The van der Waals surface area contributed by atoms with Gasteiger partial charge in [-0.15, -0.1) is 6.58 Å². The van der Waals surface area contributed by atoms with E-state index in [4.69, 9.17) is 9.97 Å². The van der Waals surface area contributed by atoms with E-state index < -0.39 is 6.04 Å². The summed E-state index contributed by atoms with van der Waals surface area (Å²) in [6.45, 7) is 12.2. The molecule has 3 fully saturated rings. The van der Waals surface area contributed by atoms with Crippen LogP contribution in [0.2, 0.25) is 0 Å². The number of hydrogen-bond donors (Lipinski definition) is 2. The summed E-state index contributed by atoms with van der Waals surface area (Å²) in [5.74, 6) is 0.665. The molecule has 0 spiro atoms. The molecule has 2 atom stereocenters. The van der Waals surface area contributed by atoms with Crippen molar-refractivity contribution in [2.75, 3.05) is 54.4 Å². The van der Waals surface area contributed by atoms with Crippen molar-refractivity contribution in [2.45, 2.75) is 70.1 Å². The largest absolute Gasteiger partial charge is 0.369 e. The average Bonchev–Trinajstić information content (AvgIpc) is 3.89. The Hall–Kier alpha value is -6.35. The normalized spacial score (nSPS) is 20.8. The van der Waals surface area contributed by atoms with Crippen LogP contribution >= 0.6 is 0 Å². The number of rotatable bonds is 10. The number of pyridine rings is 1. The highest BCUT2D eigenvalue weighted by Gasteiger charge is 2.41. The van der Waals surface area contributed by atoms with Crippen LogP contribution in [-0.4, -0.2) is 103 Å². The molecule has 4 aliphatic heterocycles. The van der Waals surface area contributed by atoms with Crippen LogP contribution in [0.15, 0.2) is 78.2 Å². The van der Waals surface area contributed by atoms with E-state index in [9.17, 15) is 19.2 Å². The van der Waals surface area contributed by atoms with Crippen LogP contribution < -0.4 is 26.0 Å². The van der Waals surface area contributed by atoms with Gasteiger partial charge in [0.25, 0.3) is 11.5 Å². The zero-order valence-corrected chi connectivity index (χ0v) is 33.1. The fourth-order valence-electron chi connectivity index (χ4n) is 9.62. The number of aryl methyl sites for hydroxylation is 1. The minimum absolute atomic E-state index is 0.140. The molecule has 5 aliphatic rings. The van der Waals surface area contributed by atoms with Gasteiger partial charge in [0, 0.05) is 104 Å². The molecule has 3 aromatic heterocycles. The number of anilines is 4. The second-order valence-electron chi connectivity index (χ2n) is 16.2. The van der Waals surface area contributed by atoms with Gasteiger partial charge >= 0.3 is 0 Å². The van der Waals surface area contributed by atoms with E-state index in [1.165, 1.54) is 5.56 Å². The molecule has 2 unspecified atom stereocenters. The molecule has 5 aromatic rings. The number of nitrogens with one attached hydrogen (secondary N) is 2. The minimum atomic E-state index is -0.619. The van der Waals surface area contributed by atoms with Gasteiger partial charge in [0.05, 0.1) is 6.54 Å². The number of benzene rings is 2. The second kappa shape index (κ2) is 14.8. The maximum atomic E-state index is 13.5. The summed E-state index contributed by atoms with van der Waals surface area (Å²) in [6, 6.07) is 18.1. The molecule has 0 bridgehead atoms. The first-order valence-electron chi connectivity index (χ1n) is 20.7. The maximum absolute atomic E-state index is 13.5. The fraction of sp³-hybridized carbons (Fsp3) is 0.386. The number of allylic oxidation sites excluding steroid dienone is 1. The van der Waals surface area contributed by atoms with Gasteiger partial charge in [0.2, 0.25) is 17.8 Å². The zero-order chi connectivity index (χ0) is 40.4. The first-order chi connectivity index (χ1) is 28.8. The number of piperazine rings is 1. The standard InChI is InChI=1S/C44H47N11O4/c1-3-18-54-43(59)33-23-45-44(49-40(33)55(54)37-16-10-28-9-8-27(4-2)39(28)47-37)46-29-11-13-30(14-12-29)52-24-31(25-52)50-19-21-51(22-20-50)35-7-5-6-32-34(35)26-53(42(32)58)36-15-17-38(56)48-41(36)57/h3,5-7,10-14,16,23,27,31,36H,1,4,8-9,15,17-22,24-26H2,2H3,(H,45,46,49)(H,48,56,57). The van der Waals surface area contributed by atoms with E-state index in [1.54, 1.807) is 26.5 Å². The molecule has 3 amide bonds. The first-order valence-corrected chi connectivity index (χ1v) is 20.7. The van der Waals surface area contributed by atoms with E-state index in [0.29, 0.717) is 59.8 Å². The van der Waals surface area contributed by atoms with Crippen molar-refractivity contribution < 1.29 is 14.4 Å². The Morgan fingerprint density at radius 3 is 2.49 bits per heavy atom. The number of amides is 3. The predicted molar refractivity (Wildman–Crippen MR) is 224 cm³/mol. The number of fused-ring (bicyclic) bond motifs is 3. The first kappa shape index (κ1) is 37.0. The maximum Gasteiger partial charge on any atom is 0.278 e. The fourth-order valence-corrected chi connectivity index (χ4v) is 9.62. The number of hydrogen-bond acceptors (Lipinski definition) is 11. The van der Waals surface area contributed by atoms with Crippen molar-refractivity contribution in [3.05, 3.63) is 106 Å². The van der Waals surface area contributed by atoms with Crippen LogP contribution in [-0.2, 0) is 29.1 Å². The SMILES string of the molecule is C=CCn1c(=O)c2cnc(Nc3ccc(N4CC(N5CCN(c6cccc7c6CN(C6CCC(=O)NC6=O)C7=O)CC5)C4)cc3)nc2n1-c1ccc2c(n1)C(CC)CC2. The van der Waals surface area contributed by atoms with E-state index >= 15 is 0 Å². The van der Waals surface area contributed by atoms with Crippen molar-refractivity contribution in [3.63, 3.8) is 0 Å². The molecule has 0 saturated carbocycles. The molecular formula is C44H47N11O4. The van der Waals surface area contributed by atoms with Gasteiger partial charge in [0.15, 0.2) is 11.5 Å². The molecular weight excluding hydrogens is 747 g/mol. The van der Waals surface area contributed by atoms with Crippen molar-refractivity contribution in [1.29, 1.82) is 0 Å². The Morgan fingerprint density at radius 1 is 0.915 bits per heavy atom. The van der Waals surface area contributed by atoms with E-state index in [1.807, 2.05) is 30.3 Å². The van der Waals surface area contributed by atoms with E-state index in [0.717, 1.165) is 86.9 Å². The molecule has 59 heavy (non-hydrogen) atoms. The molecule has 2 N–H and O–H groups in total. The Kier molecular flexibility index (Phi) is 9.26. The van der Waals surface area contributed by atoms with Crippen LogP contribution in [0.5, 0.6) is 0 Å². The van der Waals surface area contributed by atoms with Crippen molar-refractivity contribution in [3.8, 4) is 5.82 Å². The van der Waals surface area contributed by atoms with Crippen molar-refractivity contribution in [1.82, 2.24) is 39.4 Å². The Labute approximate surface area is 341 Å². The van der Waals surface area contributed by atoms with Crippen molar-refractivity contribution in [2.24, 2.45) is 0 Å². The molecule has 7 heterocycles. The highest BCUT2D eigenvalue weighted by Crippen LogP contribution is 2.37. The van der Waals surface area contributed by atoms with Crippen LogP contribution in [0.25, 0.3) is 16.9 Å².